The van der Waals surface area contributed by atoms with Crippen molar-refractivity contribution in [2.24, 2.45) is 12.8 Å². The molecular weight excluding hydrogens is 224 g/mol. The van der Waals surface area contributed by atoms with Gasteiger partial charge in [0.25, 0.3) is 0 Å². The third kappa shape index (κ3) is 1.76. The molecule has 90 valence electrons. The number of benzene rings is 1. The van der Waals surface area contributed by atoms with Crippen LogP contribution in [0.5, 0.6) is 0 Å². The fourth-order valence-electron chi connectivity index (χ4n) is 2.10. The normalized spacial score (nSPS) is 12.8. The Morgan fingerprint density at radius 1 is 1.17 bits per heavy atom. The van der Waals surface area contributed by atoms with Crippen LogP contribution in [0.3, 0.4) is 0 Å². The molecule has 1 unspecified atom stereocenters. The topological polar surface area (TPSA) is 56.7 Å². The van der Waals surface area contributed by atoms with Gasteiger partial charge in [-0.1, -0.05) is 18.2 Å². The number of pyridine rings is 1. The average molecular weight is 238 g/mol. The molecular formula is C14H14N4. The van der Waals surface area contributed by atoms with Crippen molar-refractivity contribution in [3.63, 3.8) is 0 Å². The van der Waals surface area contributed by atoms with Gasteiger partial charge in [-0.15, -0.1) is 0 Å². The van der Waals surface area contributed by atoms with Gasteiger partial charge in [0.05, 0.1) is 11.6 Å². The summed E-state index contributed by atoms with van der Waals surface area (Å²) >= 11 is 0. The number of rotatable bonds is 2. The van der Waals surface area contributed by atoms with Crippen LogP contribution in [-0.4, -0.2) is 14.5 Å². The molecule has 4 heteroatoms. The maximum Gasteiger partial charge on any atom is 0.129 e. The van der Waals surface area contributed by atoms with E-state index >= 15 is 0 Å². The van der Waals surface area contributed by atoms with E-state index in [1.54, 1.807) is 12.4 Å². The molecule has 1 aromatic carbocycles. The van der Waals surface area contributed by atoms with Gasteiger partial charge in [-0.05, 0) is 17.7 Å². The summed E-state index contributed by atoms with van der Waals surface area (Å²) in [6.07, 6.45) is 5.45. The van der Waals surface area contributed by atoms with Gasteiger partial charge in [-0.3, -0.25) is 4.98 Å². The summed E-state index contributed by atoms with van der Waals surface area (Å²) in [5.41, 5.74) is 8.22. The van der Waals surface area contributed by atoms with Crippen molar-refractivity contribution in [3.05, 3.63) is 60.3 Å². The molecule has 2 aromatic heterocycles. The molecule has 0 aliphatic rings. The molecule has 0 amide bonds. The molecule has 0 spiro atoms. The number of nitrogens with two attached hydrogens (primary N) is 1. The third-order valence-corrected chi connectivity index (χ3v) is 3.13. The van der Waals surface area contributed by atoms with Gasteiger partial charge in [-0.25, -0.2) is 4.98 Å². The lowest BCUT2D eigenvalue weighted by Crippen LogP contribution is -2.16. The van der Waals surface area contributed by atoms with E-state index < -0.39 is 0 Å². The zero-order valence-electron chi connectivity index (χ0n) is 10.1. The molecule has 2 heterocycles. The lowest BCUT2D eigenvalue weighted by Gasteiger charge is -2.12. The maximum atomic E-state index is 6.24. The SMILES string of the molecule is Cn1ccnc1C(N)c1ccc2cccnc2c1. The van der Waals surface area contributed by atoms with E-state index in [4.69, 9.17) is 5.73 Å². The predicted molar refractivity (Wildman–Crippen MR) is 71.0 cm³/mol. The molecule has 0 aliphatic heterocycles. The molecule has 2 N–H and O–H groups in total. The predicted octanol–water partition coefficient (Wildman–Crippen LogP) is 2.02. The number of imidazole rings is 1. The molecule has 0 bridgehead atoms. The van der Waals surface area contributed by atoms with Crippen molar-refractivity contribution in [2.45, 2.75) is 6.04 Å². The second kappa shape index (κ2) is 4.23. The quantitative estimate of drug-likeness (QED) is 0.743. The minimum atomic E-state index is -0.226. The van der Waals surface area contributed by atoms with Crippen LogP contribution in [0.15, 0.2) is 48.9 Å². The Morgan fingerprint density at radius 3 is 2.83 bits per heavy atom. The molecule has 18 heavy (non-hydrogen) atoms. The highest BCUT2D eigenvalue weighted by Crippen LogP contribution is 2.21. The lowest BCUT2D eigenvalue weighted by molar-refractivity contribution is 0.717. The molecule has 3 aromatic rings. The van der Waals surface area contributed by atoms with Gasteiger partial charge in [-0.2, -0.15) is 0 Å². The summed E-state index contributed by atoms with van der Waals surface area (Å²) in [4.78, 5) is 8.63. The largest absolute Gasteiger partial charge is 0.336 e. The highest BCUT2D eigenvalue weighted by Gasteiger charge is 2.13. The van der Waals surface area contributed by atoms with Crippen molar-refractivity contribution < 1.29 is 0 Å². The summed E-state index contributed by atoms with van der Waals surface area (Å²) in [7, 11) is 1.95. The monoisotopic (exact) mass is 238 g/mol. The molecule has 1 atom stereocenters. The number of hydrogen-bond donors (Lipinski definition) is 1. The van der Waals surface area contributed by atoms with Gasteiger partial charge in [0.2, 0.25) is 0 Å². The van der Waals surface area contributed by atoms with Crippen LogP contribution in [0.4, 0.5) is 0 Å². The molecule has 4 nitrogen and oxygen atoms in total. The van der Waals surface area contributed by atoms with Crippen LogP contribution >= 0.6 is 0 Å². The van der Waals surface area contributed by atoms with Gasteiger partial charge < -0.3 is 10.3 Å². The summed E-state index contributed by atoms with van der Waals surface area (Å²) in [5, 5.41) is 1.12. The summed E-state index contributed by atoms with van der Waals surface area (Å²) in [6, 6.07) is 9.84. The Bertz CT molecular complexity index is 687. The Hall–Kier alpha value is -2.20. The number of aromatic nitrogens is 3. The average Bonchev–Trinajstić information content (AvgIpc) is 2.83. The minimum absolute atomic E-state index is 0.226. The number of aryl methyl sites for hydroxylation is 1. The van der Waals surface area contributed by atoms with Crippen molar-refractivity contribution in [3.8, 4) is 0 Å². The summed E-state index contributed by atoms with van der Waals surface area (Å²) in [5.74, 6) is 0.852. The van der Waals surface area contributed by atoms with Crippen molar-refractivity contribution >= 4 is 10.9 Å². The second-order valence-corrected chi connectivity index (χ2v) is 4.33. The van der Waals surface area contributed by atoms with Crippen LogP contribution in [0.25, 0.3) is 10.9 Å². The Kier molecular flexibility index (Phi) is 2.57. The summed E-state index contributed by atoms with van der Waals surface area (Å²) in [6.45, 7) is 0. The summed E-state index contributed by atoms with van der Waals surface area (Å²) < 4.78 is 1.94. The van der Waals surface area contributed by atoms with Crippen molar-refractivity contribution in [2.75, 3.05) is 0 Å². The first-order chi connectivity index (χ1) is 8.75. The van der Waals surface area contributed by atoms with Gasteiger partial charge in [0.1, 0.15) is 5.82 Å². The number of nitrogens with zero attached hydrogens (tertiary/aromatic N) is 3. The highest BCUT2D eigenvalue weighted by atomic mass is 15.1. The van der Waals surface area contributed by atoms with E-state index in [2.05, 4.69) is 9.97 Å². The zero-order chi connectivity index (χ0) is 12.5. The molecule has 0 fully saturated rings. The molecule has 0 saturated heterocycles. The Morgan fingerprint density at radius 2 is 2.06 bits per heavy atom. The fraction of sp³-hybridized carbons (Fsp3) is 0.143. The first-order valence-corrected chi connectivity index (χ1v) is 5.83. The first-order valence-electron chi connectivity index (χ1n) is 5.83. The maximum absolute atomic E-state index is 6.24. The van der Waals surface area contributed by atoms with Crippen LogP contribution in [0.2, 0.25) is 0 Å². The fourth-order valence-corrected chi connectivity index (χ4v) is 2.10. The van der Waals surface area contributed by atoms with E-state index in [-0.39, 0.29) is 6.04 Å². The number of hydrogen-bond acceptors (Lipinski definition) is 3. The van der Waals surface area contributed by atoms with Crippen molar-refractivity contribution in [1.29, 1.82) is 0 Å². The smallest absolute Gasteiger partial charge is 0.129 e. The second-order valence-electron chi connectivity index (χ2n) is 4.33. The van der Waals surface area contributed by atoms with Crippen LogP contribution in [-0.2, 0) is 7.05 Å². The van der Waals surface area contributed by atoms with Gasteiger partial charge in [0, 0.05) is 31.0 Å². The third-order valence-electron chi connectivity index (χ3n) is 3.13. The van der Waals surface area contributed by atoms with Crippen molar-refractivity contribution in [1.82, 2.24) is 14.5 Å². The molecule has 0 radical (unpaired) electrons. The van der Waals surface area contributed by atoms with E-state index in [0.29, 0.717) is 0 Å². The van der Waals surface area contributed by atoms with Crippen LogP contribution in [0.1, 0.15) is 17.4 Å². The molecule has 3 rings (SSSR count). The Labute approximate surface area is 105 Å². The number of fused-ring (bicyclic) bond motifs is 1. The lowest BCUT2D eigenvalue weighted by atomic mass is 10.0. The van der Waals surface area contributed by atoms with Crippen LogP contribution in [0, 0.1) is 0 Å². The minimum Gasteiger partial charge on any atom is -0.336 e. The van der Waals surface area contributed by atoms with Crippen LogP contribution < -0.4 is 5.73 Å². The first kappa shape index (κ1) is 10.9. The van der Waals surface area contributed by atoms with E-state index in [1.165, 1.54) is 0 Å². The molecule has 0 aliphatic carbocycles. The zero-order valence-corrected chi connectivity index (χ0v) is 10.1. The van der Waals surface area contributed by atoms with Gasteiger partial charge in [0.15, 0.2) is 0 Å². The standard InChI is InChI=1S/C14H14N4/c1-18-8-7-17-14(18)13(15)11-5-4-10-3-2-6-16-12(10)9-11/h2-9,13H,15H2,1H3. The molecule has 0 saturated carbocycles. The van der Waals surface area contributed by atoms with E-state index in [0.717, 1.165) is 22.3 Å². The van der Waals surface area contributed by atoms with Gasteiger partial charge >= 0.3 is 0 Å². The van der Waals surface area contributed by atoms with E-state index in [1.807, 2.05) is 48.1 Å². The Balaban J connectivity index is 2.07. The highest BCUT2D eigenvalue weighted by molar-refractivity contribution is 5.79. The van der Waals surface area contributed by atoms with E-state index in [9.17, 15) is 0 Å².